The second-order valence-electron chi connectivity index (χ2n) is 4.64. The van der Waals surface area contributed by atoms with Crippen LogP contribution in [0.5, 0.6) is 11.5 Å². The molecule has 0 aliphatic rings. The lowest BCUT2D eigenvalue weighted by molar-refractivity contribution is -0.140. The number of carbonyl (C=O) groups is 2. The van der Waals surface area contributed by atoms with E-state index in [4.69, 9.17) is 13.9 Å². The fourth-order valence-corrected chi connectivity index (χ4v) is 1.06. The summed E-state index contributed by atoms with van der Waals surface area (Å²) in [6, 6.07) is 0. The number of rotatable bonds is 4. The summed E-state index contributed by atoms with van der Waals surface area (Å²) in [5, 5.41) is 0. The van der Waals surface area contributed by atoms with Crippen molar-refractivity contribution in [3.8, 4) is 11.5 Å². The number of esters is 2. The van der Waals surface area contributed by atoms with Crippen molar-refractivity contribution in [2.24, 2.45) is 11.8 Å². The molecule has 100 valence electrons. The van der Waals surface area contributed by atoms with Gasteiger partial charge in [-0.1, -0.05) is 27.7 Å². The molecule has 0 bridgehead atoms. The maximum absolute atomic E-state index is 11.5. The summed E-state index contributed by atoms with van der Waals surface area (Å²) >= 11 is 0. The van der Waals surface area contributed by atoms with Crippen molar-refractivity contribution in [2.45, 2.75) is 34.6 Å². The monoisotopic (exact) mass is 254 g/mol. The zero-order chi connectivity index (χ0) is 13.9. The maximum Gasteiger partial charge on any atom is 0.314 e. The minimum Gasteiger partial charge on any atom is -0.462 e. The molecule has 1 rings (SSSR count). The molecule has 1 aromatic rings. The standard InChI is InChI=1S/C13H18O5/c1-7(2)12(14)17-10-6-16-9(5)11(10)18-13(15)8(3)4/h6-8H,1-5H3. The molecule has 0 unspecified atom stereocenters. The Morgan fingerprint density at radius 2 is 1.56 bits per heavy atom. The molecule has 0 amide bonds. The molecule has 0 atom stereocenters. The summed E-state index contributed by atoms with van der Waals surface area (Å²) in [7, 11) is 0. The molecule has 0 radical (unpaired) electrons. The van der Waals surface area contributed by atoms with Gasteiger partial charge >= 0.3 is 11.9 Å². The van der Waals surface area contributed by atoms with Gasteiger partial charge in [-0.3, -0.25) is 9.59 Å². The normalized spacial score (nSPS) is 10.8. The van der Waals surface area contributed by atoms with Gasteiger partial charge in [0.15, 0.2) is 0 Å². The first-order valence-corrected chi connectivity index (χ1v) is 5.84. The zero-order valence-corrected chi connectivity index (χ0v) is 11.3. The minimum atomic E-state index is -0.405. The molecule has 0 saturated heterocycles. The fraction of sp³-hybridized carbons (Fsp3) is 0.538. The van der Waals surface area contributed by atoms with Crippen molar-refractivity contribution in [1.82, 2.24) is 0 Å². The van der Waals surface area contributed by atoms with Gasteiger partial charge in [0, 0.05) is 0 Å². The predicted octanol–water partition coefficient (Wildman–Crippen LogP) is 2.71. The van der Waals surface area contributed by atoms with E-state index in [1.54, 1.807) is 34.6 Å². The molecule has 1 aromatic heterocycles. The van der Waals surface area contributed by atoms with Gasteiger partial charge in [0.25, 0.3) is 0 Å². The van der Waals surface area contributed by atoms with E-state index >= 15 is 0 Å². The SMILES string of the molecule is Cc1occ(OC(=O)C(C)C)c1OC(=O)C(C)C. The first-order valence-electron chi connectivity index (χ1n) is 5.84. The van der Waals surface area contributed by atoms with Crippen molar-refractivity contribution >= 4 is 11.9 Å². The van der Waals surface area contributed by atoms with E-state index < -0.39 is 11.9 Å². The van der Waals surface area contributed by atoms with Crippen LogP contribution in [0.25, 0.3) is 0 Å². The highest BCUT2D eigenvalue weighted by molar-refractivity contribution is 5.78. The second-order valence-corrected chi connectivity index (χ2v) is 4.64. The van der Waals surface area contributed by atoms with Gasteiger partial charge in [0.1, 0.15) is 12.0 Å². The molecule has 5 nitrogen and oxygen atoms in total. The van der Waals surface area contributed by atoms with Crippen molar-refractivity contribution in [3.05, 3.63) is 12.0 Å². The van der Waals surface area contributed by atoms with Crippen LogP contribution in [-0.2, 0) is 9.59 Å². The molecular weight excluding hydrogens is 236 g/mol. The molecule has 18 heavy (non-hydrogen) atoms. The predicted molar refractivity (Wildman–Crippen MR) is 64.4 cm³/mol. The van der Waals surface area contributed by atoms with Crippen LogP contribution in [0.3, 0.4) is 0 Å². The van der Waals surface area contributed by atoms with E-state index in [0.29, 0.717) is 5.76 Å². The van der Waals surface area contributed by atoms with Crippen LogP contribution in [0.1, 0.15) is 33.5 Å². The fourth-order valence-electron chi connectivity index (χ4n) is 1.06. The lowest BCUT2D eigenvalue weighted by Gasteiger charge is -2.09. The quantitative estimate of drug-likeness (QED) is 0.773. The van der Waals surface area contributed by atoms with E-state index in [-0.39, 0.29) is 23.3 Å². The molecule has 0 fully saturated rings. The zero-order valence-electron chi connectivity index (χ0n) is 11.3. The summed E-state index contributed by atoms with van der Waals surface area (Å²) < 4.78 is 15.3. The van der Waals surface area contributed by atoms with E-state index in [1.807, 2.05) is 0 Å². The molecule has 0 aliphatic carbocycles. The van der Waals surface area contributed by atoms with Crippen LogP contribution in [0, 0.1) is 18.8 Å². The van der Waals surface area contributed by atoms with E-state index in [0.717, 1.165) is 0 Å². The second kappa shape index (κ2) is 5.71. The average molecular weight is 254 g/mol. The Labute approximate surface area is 106 Å². The van der Waals surface area contributed by atoms with Crippen LogP contribution in [-0.4, -0.2) is 11.9 Å². The number of aryl methyl sites for hydroxylation is 1. The van der Waals surface area contributed by atoms with Crippen LogP contribution in [0.2, 0.25) is 0 Å². The molecule has 0 saturated carbocycles. The molecule has 0 aliphatic heterocycles. The lowest BCUT2D eigenvalue weighted by Crippen LogP contribution is -2.18. The van der Waals surface area contributed by atoms with Crippen molar-refractivity contribution < 1.29 is 23.5 Å². The van der Waals surface area contributed by atoms with Crippen LogP contribution >= 0.6 is 0 Å². The maximum atomic E-state index is 11.5. The molecular formula is C13H18O5. The van der Waals surface area contributed by atoms with Crippen LogP contribution < -0.4 is 9.47 Å². The highest BCUT2D eigenvalue weighted by Crippen LogP contribution is 2.34. The summed E-state index contributed by atoms with van der Waals surface area (Å²) in [5.74, 6) is -0.640. The molecule has 5 heteroatoms. The van der Waals surface area contributed by atoms with E-state index in [9.17, 15) is 9.59 Å². The summed E-state index contributed by atoms with van der Waals surface area (Å²) in [6.45, 7) is 8.51. The summed E-state index contributed by atoms with van der Waals surface area (Å²) in [6.07, 6.45) is 1.26. The number of furan rings is 1. The Morgan fingerprint density at radius 1 is 1.06 bits per heavy atom. The van der Waals surface area contributed by atoms with Crippen molar-refractivity contribution in [1.29, 1.82) is 0 Å². The van der Waals surface area contributed by atoms with Crippen LogP contribution in [0.15, 0.2) is 10.7 Å². The number of ether oxygens (including phenoxy) is 2. The smallest absolute Gasteiger partial charge is 0.314 e. The molecule has 0 aromatic carbocycles. The number of carbonyl (C=O) groups excluding carboxylic acids is 2. The third-order valence-electron chi connectivity index (χ3n) is 2.24. The Kier molecular flexibility index (Phi) is 4.53. The van der Waals surface area contributed by atoms with Crippen molar-refractivity contribution in [3.63, 3.8) is 0 Å². The lowest BCUT2D eigenvalue weighted by atomic mass is 10.2. The van der Waals surface area contributed by atoms with E-state index in [2.05, 4.69) is 0 Å². The minimum absolute atomic E-state index is 0.139. The van der Waals surface area contributed by atoms with Gasteiger partial charge in [0.05, 0.1) is 11.8 Å². The summed E-state index contributed by atoms with van der Waals surface area (Å²) in [5.41, 5.74) is 0. The third-order valence-corrected chi connectivity index (χ3v) is 2.24. The molecule has 1 heterocycles. The first kappa shape index (κ1) is 14.3. The third kappa shape index (κ3) is 3.35. The van der Waals surface area contributed by atoms with E-state index in [1.165, 1.54) is 6.26 Å². The van der Waals surface area contributed by atoms with Gasteiger partial charge in [-0.25, -0.2) is 0 Å². The van der Waals surface area contributed by atoms with Gasteiger partial charge in [-0.05, 0) is 6.92 Å². The molecule has 0 N–H and O–H groups in total. The van der Waals surface area contributed by atoms with Crippen molar-refractivity contribution in [2.75, 3.05) is 0 Å². The van der Waals surface area contributed by atoms with Gasteiger partial charge < -0.3 is 13.9 Å². The number of hydrogen-bond donors (Lipinski definition) is 0. The first-order chi connectivity index (χ1) is 8.32. The van der Waals surface area contributed by atoms with Gasteiger partial charge in [-0.15, -0.1) is 0 Å². The Hall–Kier alpha value is -1.78. The van der Waals surface area contributed by atoms with Gasteiger partial charge in [-0.2, -0.15) is 0 Å². The number of hydrogen-bond acceptors (Lipinski definition) is 5. The average Bonchev–Trinajstić information content (AvgIpc) is 2.61. The Morgan fingerprint density at radius 3 is 2.06 bits per heavy atom. The Balaban J connectivity index is 2.88. The molecule has 0 spiro atoms. The highest BCUT2D eigenvalue weighted by Gasteiger charge is 2.22. The Bertz CT molecular complexity index is 442. The highest BCUT2D eigenvalue weighted by atomic mass is 16.6. The summed E-state index contributed by atoms with van der Waals surface area (Å²) in [4.78, 5) is 23.0. The van der Waals surface area contributed by atoms with Crippen LogP contribution in [0.4, 0.5) is 0 Å². The largest absolute Gasteiger partial charge is 0.462 e. The topological polar surface area (TPSA) is 65.7 Å². The van der Waals surface area contributed by atoms with Gasteiger partial charge in [0.2, 0.25) is 11.5 Å².